The van der Waals surface area contributed by atoms with Crippen LogP contribution >= 0.6 is 0 Å². The minimum absolute atomic E-state index is 0.00169. The maximum absolute atomic E-state index is 12.7. The summed E-state index contributed by atoms with van der Waals surface area (Å²) in [5.41, 5.74) is 0.415. The molecular weight excluding hydrogens is 366 g/mol. The van der Waals surface area contributed by atoms with Crippen LogP contribution in [0.4, 0.5) is 0 Å². The first-order valence-electron chi connectivity index (χ1n) is 8.69. The molecule has 7 nitrogen and oxygen atoms in total. The third kappa shape index (κ3) is 4.21. The van der Waals surface area contributed by atoms with E-state index in [1.54, 1.807) is 24.3 Å². The topological polar surface area (TPSA) is 94.6 Å². The molecule has 1 amide bonds. The van der Waals surface area contributed by atoms with E-state index < -0.39 is 10.0 Å². The molecule has 1 fully saturated rings. The number of nitriles is 1. The van der Waals surface area contributed by atoms with Gasteiger partial charge in [0.25, 0.3) is 0 Å². The Morgan fingerprint density at radius 3 is 2.48 bits per heavy atom. The lowest BCUT2D eigenvalue weighted by atomic mass is 9.96. The van der Waals surface area contributed by atoms with Crippen LogP contribution in [0.2, 0.25) is 0 Å². The van der Waals surface area contributed by atoms with Crippen molar-refractivity contribution in [1.82, 2.24) is 9.21 Å². The van der Waals surface area contributed by atoms with Gasteiger partial charge in [-0.1, -0.05) is 0 Å². The van der Waals surface area contributed by atoms with E-state index in [1.165, 1.54) is 28.6 Å². The number of rotatable bonds is 5. The molecule has 1 aliphatic heterocycles. The molecule has 142 valence electrons. The van der Waals surface area contributed by atoms with E-state index in [4.69, 9.17) is 9.68 Å². The number of sulfonamides is 1. The molecule has 0 N–H and O–H groups in total. The maximum Gasteiger partial charge on any atom is 0.243 e. The first-order valence-corrected chi connectivity index (χ1v) is 10.1. The number of carbonyl (C=O) groups excluding carboxylic acids is 1. The lowest BCUT2D eigenvalue weighted by Gasteiger charge is -2.32. The SMILES string of the molecule is CN(Cc1ccco1)C(=O)C1CCN(S(=O)(=O)c2ccc(C#N)cc2)CC1. The Kier molecular flexibility index (Phi) is 5.63. The van der Waals surface area contributed by atoms with Crippen LogP contribution in [0.5, 0.6) is 0 Å². The molecule has 0 spiro atoms. The monoisotopic (exact) mass is 387 g/mol. The van der Waals surface area contributed by atoms with Gasteiger partial charge in [0.15, 0.2) is 0 Å². The normalized spacial score (nSPS) is 16.0. The molecule has 0 saturated carbocycles. The minimum atomic E-state index is -3.61. The summed E-state index contributed by atoms with van der Waals surface area (Å²) in [4.78, 5) is 14.4. The van der Waals surface area contributed by atoms with Gasteiger partial charge in [0, 0.05) is 26.1 Å². The van der Waals surface area contributed by atoms with Crippen molar-refractivity contribution in [3.8, 4) is 6.07 Å². The van der Waals surface area contributed by atoms with E-state index in [1.807, 2.05) is 12.1 Å². The summed E-state index contributed by atoms with van der Waals surface area (Å²) >= 11 is 0. The summed E-state index contributed by atoms with van der Waals surface area (Å²) in [6, 6.07) is 11.4. The fraction of sp³-hybridized carbons (Fsp3) is 0.368. The second-order valence-electron chi connectivity index (χ2n) is 6.59. The molecule has 0 unspecified atom stereocenters. The lowest BCUT2D eigenvalue weighted by molar-refractivity contribution is -0.136. The maximum atomic E-state index is 12.7. The molecule has 2 heterocycles. The van der Waals surface area contributed by atoms with Gasteiger partial charge in [0.05, 0.1) is 29.3 Å². The predicted molar refractivity (Wildman–Crippen MR) is 97.8 cm³/mol. The van der Waals surface area contributed by atoms with Crippen LogP contribution in [-0.4, -0.2) is 43.7 Å². The van der Waals surface area contributed by atoms with Crippen molar-refractivity contribution in [1.29, 1.82) is 5.26 Å². The number of nitrogens with zero attached hydrogens (tertiary/aromatic N) is 3. The van der Waals surface area contributed by atoms with E-state index >= 15 is 0 Å². The predicted octanol–water partition coefficient (Wildman–Crippen LogP) is 2.21. The van der Waals surface area contributed by atoms with Gasteiger partial charge in [-0.15, -0.1) is 0 Å². The highest BCUT2D eigenvalue weighted by Crippen LogP contribution is 2.25. The largest absolute Gasteiger partial charge is 0.467 e. The highest BCUT2D eigenvalue weighted by atomic mass is 32.2. The van der Waals surface area contributed by atoms with Crippen molar-refractivity contribution in [2.45, 2.75) is 24.3 Å². The van der Waals surface area contributed by atoms with Crippen LogP contribution in [-0.2, 0) is 21.4 Å². The number of hydrogen-bond acceptors (Lipinski definition) is 5. The molecule has 8 heteroatoms. The molecule has 0 aliphatic carbocycles. The molecule has 1 aliphatic rings. The van der Waals surface area contributed by atoms with Crippen molar-refractivity contribution in [3.05, 3.63) is 54.0 Å². The smallest absolute Gasteiger partial charge is 0.243 e. The van der Waals surface area contributed by atoms with E-state index in [9.17, 15) is 13.2 Å². The van der Waals surface area contributed by atoms with Gasteiger partial charge in [-0.05, 0) is 49.2 Å². The highest BCUT2D eigenvalue weighted by Gasteiger charge is 2.33. The van der Waals surface area contributed by atoms with Crippen LogP contribution in [0.15, 0.2) is 52.0 Å². The molecule has 0 radical (unpaired) electrons. The summed E-state index contributed by atoms with van der Waals surface area (Å²) in [5, 5.41) is 8.84. The molecule has 1 saturated heterocycles. The van der Waals surface area contributed by atoms with Crippen LogP contribution < -0.4 is 0 Å². The number of amides is 1. The van der Waals surface area contributed by atoms with Gasteiger partial charge < -0.3 is 9.32 Å². The third-order valence-electron chi connectivity index (χ3n) is 4.77. The first-order chi connectivity index (χ1) is 12.9. The third-order valence-corrected chi connectivity index (χ3v) is 6.69. The molecule has 3 rings (SSSR count). The summed E-state index contributed by atoms with van der Waals surface area (Å²) in [6.07, 6.45) is 2.54. The Morgan fingerprint density at radius 1 is 1.26 bits per heavy atom. The standard InChI is InChI=1S/C19H21N3O4S/c1-21(14-17-3-2-12-26-17)19(23)16-8-10-22(11-9-16)27(24,25)18-6-4-15(13-20)5-7-18/h2-7,12,16H,8-11,14H2,1H3. The van der Waals surface area contributed by atoms with Crippen molar-refractivity contribution in [2.24, 2.45) is 5.92 Å². The fourth-order valence-electron chi connectivity index (χ4n) is 3.22. The van der Waals surface area contributed by atoms with Gasteiger partial charge in [-0.3, -0.25) is 4.79 Å². The van der Waals surface area contributed by atoms with E-state index in [0.29, 0.717) is 43.8 Å². The fourth-order valence-corrected chi connectivity index (χ4v) is 4.69. The van der Waals surface area contributed by atoms with Crippen molar-refractivity contribution in [3.63, 3.8) is 0 Å². The zero-order valence-corrected chi connectivity index (χ0v) is 15.9. The molecule has 1 aromatic heterocycles. The van der Waals surface area contributed by atoms with Gasteiger partial charge in [-0.2, -0.15) is 9.57 Å². The van der Waals surface area contributed by atoms with E-state index in [-0.39, 0.29) is 16.7 Å². The number of hydrogen-bond donors (Lipinski definition) is 0. The van der Waals surface area contributed by atoms with E-state index in [0.717, 1.165) is 0 Å². The lowest BCUT2D eigenvalue weighted by Crippen LogP contribution is -2.43. The Bertz CT molecular complexity index is 922. The van der Waals surface area contributed by atoms with Crippen molar-refractivity contribution < 1.29 is 17.6 Å². The van der Waals surface area contributed by atoms with Crippen LogP contribution in [0.25, 0.3) is 0 Å². The second-order valence-corrected chi connectivity index (χ2v) is 8.53. The van der Waals surface area contributed by atoms with E-state index in [2.05, 4.69) is 0 Å². The van der Waals surface area contributed by atoms with Crippen LogP contribution in [0.1, 0.15) is 24.2 Å². The zero-order valence-electron chi connectivity index (χ0n) is 15.0. The second kappa shape index (κ2) is 7.94. The molecule has 0 bridgehead atoms. The number of benzene rings is 1. The Morgan fingerprint density at radius 2 is 1.93 bits per heavy atom. The molecule has 27 heavy (non-hydrogen) atoms. The molecule has 2 aromatic rings. The van der Waals surface area contributed by atoms with Crippen molar-refractivity contribution >= 4 is 15.9 Å². The van der Waals surface area contributed by atoms with Gasteiger partial charge >= 0.3 is 0 Å². The number of carbonyl (C=O) groups is 1. The average molecular weight is 387 g/mol. The molecule has 0 atom stereocenters. The van der Waals surface area contributed by atoms with Crippen LogP contribution in [0, 0.1) is 17.2 Å². The summed E-state index contributed by atoms with van der Waals surface area (Å²) in [7, 11) is -1.89. The van der Waals surface area contributed by atoms with Crippen molar-refractivity contribution in [2.75, 3.05) is 20.1 Å². The molecular formula is C19H21N3O4S. The average Bonchev–Trinajstić information content (AvgIpc) is 3.20. The Balaban J connectivity index is 1.60. The highest BCUT2D eigenvalue weighted by molar-refractivity contribution is 7.89. The first kappa shape index (κ1) is 19.1. The summed E-state index contributed by atoms with van der Waals surface area (Å²) in [5.74, 6) is 0.519. The Labute approximate surface area is 158 Å². The van der Waals surface area contributed by atoms with Gasteiger partial charge in [0.2, 0.25) is 15.9 Å². The van der Waals surface area contributed by atoms with Gasteiger partial charge in [0.1, 0.15) is 5.76 Å². The zero-order chi connectivity index (χ0) is 19.4. The Hall–Kier alpha value is -2.63. The van der Waals surface area contributed by atoms with Crippen LogP contribution in [0.3, 0.4) is 0 Å². The minimum Gasteiger partial charge on any atom is -0.467 e. The summed E-state index contributed by atoms with van der Waals surface area (Å²) < 4.78 is 32.2. The summed E-state index contributed by atoms with van der Waals surface area (Å²) in [6.45, 7) is 0.996. The van der Waals surface area contributed by atoms with Gasteiger partial charge in [-0.25, -0.2) is 8.42 Å². The number of piperidine rings is 1. The quantitative estimate of drug-likeness (QED) is 0.784. The number of furan rings is 1. The molecule has 1 aromatic carbocycles.